The van der Waals surface area contributed by atoms with E-state index < -0.39 is 0 Å². The first-order valence-electron chi connectivity index (χ1n) is 15.0. The monoisotopic (exact) mass is 549 g/mol. The highest BCUT2D eigenvalue weighted by molar-refractivity contribution is 5.80. The molecule has 214 valence electrons. The standard InChI is InChI=1S/C36H43N3O2/c1-27-13-15-30(19-22-39-20-6-7-21-39)31(23-27)25-36(40)38-32-10-8-9-29(14-16-32)24-33-17-18-35(37-33)28(2)26-41-34-11-4-3-5-12-34/h3-9,11-16,20-21,23,28,33,35,37H,10,17-19,22,24-26H2,1-2H3,(H,38,40). The van der Waals surface area contributed by atoms with Crippen LogP contribution >= 0.6 is 0 Å². The van der Waals surface area contributed by atoms with E-state index in [0.29, 0.717) is 24.4 Å². The fourth-order valence-corrected chi connectivity index (χ4v) is 5.83. The van der Waals surface area contributed by atoms with Crippen molar-refractivity contribution in [1.82, 2.24) is 15.2 Å². The second kappa shape index (κ2) is 14.2. The molecule has 2 N–H and O–H groups in total. The Morgan fingerprint density at radius 1 is 1.05 bits per heavy atom. The minimum atomic E-state index is 0.0429. The first kappa shape index (κ1) is 28.7. The molecule has 5 rings (SSSR count). The highest BCUT2D eigenvalue weighted by Gasteiger charge is 2.28. The summed E-state index contributed by atoms with van der Waals surface area (Å²) in [5.74, 6) is 1.43. The molecule has 2 aliphatic rings. The van der Waals surface area contributed by atoms with Crippen LogP contribution in [0.2, 0.25) is 0 Å². The van der Waals surface area contributed by atoms with E-state index in [0.717, 1.165) is 49.4 Å². The number of hydrogen-bond acceptors (Lipinski definition) is 3. The van der Waals surface area contributed by atoms with Crippen molar-refractivity contribution in [2.24, 2.45) is 5.92 Å². The molecule has 5 nitrogen and oxygen atoms in total. The Morgan fingerprint density at radius 3 is 2.71 bits per heavy atom. The van der Waals surface area contributed by atoms with Crippen LogP contribution < -0.4 is 15.4 Å². The number of nitrogens with one attached hydrogen (secondary N) is 2. The van der Waals surface area contributed by atoms with E-state index in [4.69, 9.17) is 4.74 Å². The minimum Gasteiger partial charge on any atom is -0.493 e. The largest absolute Gasteiger partial charge is 0.493 e. The lowest BCUT2D eigenvalue weighted by molar-refractivity contribution is -0.119. The summed E-state index contributed by atoms with van der Waals surface area (Å²) >= 11 is 0. The maximum Gasteiger partial charge on any atom is 0.228 e. The van der Waals surface area contributed by atoms with E-state index in [-0.39, 0.29) is 5.91 Å². The number of hydrogen-bond donors (Lipinski definition) is 2. The van der Waals surface area contributed by atoms with E-state index in [1.165, 1.54) is 29.5 Å². The third kappa shape index (κ3) is 8.58. The van der Waals surface area contributed by atoms with Gasteiger partial charge >= 0.3 is 0 Å². The number of rotatable bonds is 12. The average molecular weight is 550 g/mol. The van der Waals surface area contributed by atoms with Gasteiger partial charge in [-0.05, 0) is 79.6 Å². The van der Waals surface area contributed by atoms with E-state index in [2.05, 4.69) is 83.9 Å². The maximum atomic E-state index is 13.1. The predicted octanol–water partition coefficient (Wildman–Crippen LogP) is 6.69. The summed E-state index contributed by atoms with van der Waals surface area (Å²) in [6.45, 7) is 5.99. The van der Waals surface area contributed by atoms with Crippen LogP contribution in [0.15, 0.2) is 109 Å². The zero-order valence-electron chi connectivity index (χ0n) is 24.4. The number of amides is 1. The maximum absolute atomic E-state index is 13.1. The van der Waals surface area contributed by atoms with Crippen molar-refractivity contribution >= 4 is 5.91 Å². The van der Waals surface area contributed by atoms with Gasteiger partial charge in [-0.15, -0.1) is 0 Å². The highest BCUT2D eigenvalue weighted by Crippen LogP contribution is 2.25. The SMILES string of the molecule is Cc1ccc(CCn2cccc2)c(CC(=O)NC2=CC=C(CC3CCC(C(C)COc4ccccc4)N3)C=CC2)c1. The van der Waals surface area contributed by atoms with Crippen LogP contribution in [-0.4, -0.2) is 29.2 Å². The lowest BCUT2D eigenvalue weighted by Gasteiger charge is -2.21. The van der Waals surface area contributed by atoms with Gasteiger partial charge < -0.3 is 19.9 Å². The van der Waals surface area contributed by atoms with Crippen LogP contribution in [0.5, 0.6) is 5.75 Å². The molecule has 5 heteroatoms. The van der Waals surface area contributed by atoms with Gasteiger partial charge in [-0.25, -0.2) is 0 Å². The van der Waals surface area contributed by atoms with Crippen molar-refractivity contribution in [1.29, 1.82) is 0 Å². The Balaban J connectivity index is 1.11. The topological polar surface area (TPSA) is 55.3 Å². The zero-order valence-corrected chi connectivity index (χ0v) is 24.4. The van der Waals surface area contributed by atoms with Crippen LogP contribution in [-0.2, 0) is 24.2 Å². The van der Waals surface area contributed by atoms with Gasteiger partial charge in [0.1, 0.15) is 5.75 Å². The summed E-state index contributed by atoms with van der Waals surface area (Å²) in [5, 5.41) is 7.03. The number of carbonyl (C=O) groups excluding carboxylic acids is 1. The molecule has 1 saturated heterocycles. The van der Waals surface area contributed by atoms with E-state index >= 15 is 0 Å². The second-order valence-electron chi connectivity index (χ2n) is 11.6. The van der Waals surface area contributed by atoms with Gasteiger partial charge in [0.2, 0.25) is 5.91 Å². The molecule has 0 spiro atoms. The number of ether oxygens (including phenoxy) is 1. The van der Waals surface area contributed by atoms with Gasteiger partial charge in [-0.2, -0.15) is 0 Å². The van der Waals surface area contributed by atoms with Gasteiger partial charge in [-0.3, -0.25) is 4.79 Å². The van der Waals surface area contributed by atoms with Crippen molar-refractivity contribution in [3.8, 4) is 5.75 Å². The predicted molar refractivity (Wildman–Crippen MR) is 167 cm³/mol. The molecule has 0 bridgehead atoms. The van der Waals surface area contributed by atoms with Crippen molar-refractivity contribution in [2.45, 2.75) is 71.0 Å². The van der Waals surface area contributed by atoms with Crippen molar-refractivity contribution in [3.63, 3.8) is 0 Å². The molecule has 1 fully saturated rings. The first-order chi connectivity index (χ1) is 20.0. The number of nitrogens with zero attached hydrogens (tertiary/aromatic N) is 1. The quantitative estimate of drug-likeness (QED) is 0.265. The third-order valence-electron chi connectivity index (χ3n) is 8.19. The first-order valence-corrected chi connectivity index (χ1v) is 15.0. The fourth-order valence-electron chi connectivity index (χ4n) is 5.83. The Morgan fingerprint density at radius 2 is 1.88 bits per heavy atom. The van der Waals surface area contributed by atoms with Gasteiger partial charge in [0.25, 0.3) is 0 Å². The number of aromatic nitrogens is 1. The molecular weight excluding hydrogens is 506 g/mol. The molecule has 3 atom stereocenters. The summed E-state index contributed by atoms with van der Waals surface area (Å²) in [7, 11) is 0. The zero-order chi connectivity index (χ0) is 28.4. The molecule has 0 saturated carbocycles. The number of aryl methyl sites for hydroxylation is 3. The minimum absolute atomic E-state index is 0.0429. The molecule has 1 amide bonds. The number of carbonyl (C=O) groups is 1. The van der Waals surface area contributed by atoms with E-state index in [1.54, 1.807) is 0 Å². The van der Waals surface area contributed by atoms with Crippen LogP contribution in [0.25, 0.3) is 0 Å². The number of allylic oxidation sites excluding steroid dienone is 4. The highest BCUT2D eigenvalue weighted by atomic mass is 16.5. The van der Waals surface area contributed by atoms with Crippen molar-refractivity contribution in [2.75, 3.05) is 6.61 Å². The molecule has 2 heterocycles. The Hall–Kier alpha value is -3.83. The lowest BCUT2D eigenvalue weighted by atomic mass is 9.99. The molecule has 1 aliphatic heterocycles. The normalized spacial score (nSPS) is 19.3. The molecule has 2 aromatic carbocycles. The van der Waals surface area contributed by atoms with E-state index in [1.807, 2.05) is 42.5 Å². The lowest BCUT2D eigenvalue weighted by Crippen LogP contribution is -2.36. The van der Waals surface area contributed by atoms with Crippen molar-refractivity contribution in [3.05, 3.63) is 125 Å². The molecule has 3 aromatic rings. The summed E-state index contributed by atoms with van der Waals surface area (Å²) in [4.78, 5) is 13.1. The van der Waals surface area contributed by atoms with Crippen LogP contribution in [0.1, 0.15) is 49.3 Å². The fraction of sp³-hybridized carbons (Fsp3) is 0.361. The Labute approximate surface area is 245 Å². The van der Waals surface area contributed by atoms with E-state index in [9.17, 15) is 4.79 Å². The van der Waals surface area contributed by atoms with Gasteiger partial charge in [0, 0.05) is 49.1 Å². The van der Waals surface area contributed by atoms with Gasteiger partial charge in [0.15, 0.2) is 0 Å². The van der Waals surface area contributed by atoms with Crippen LogP contribution in [0, 0.1) is 12.8 Å². The molecule has 3 unspecified atom stereocenters. The van der Waals surface area contributed by atoms with Gasteiger partial charge in [0.05, 0.1) is 13.0 Å². The summed E-state index contributed by atoms with van der Waals surface area (Å²) in [6.07, 6.45) is 18.2. The Kier molecular flexibility index (Phi) is 9.92. The van der Waals surface area contributed by atoms with Crippen LogP contribution in [0.3, 0.4) is 0 Å². The number of benzene rings is 2. The molecule has 0 radical (unpaired) electrons. The summed E-state index contributed by atoms with van der Waals surface area (Å²) in [6, 6.07) is 21.5. The molecule has 1 aromatic heterocycles. The Bertz CT molecular complexity index is 1370. The van der Waals surface area contributed by atoms with Crippen LogP contribution in [0.4, 0.5) is 0 Å². The smallest absolute Gasteiger partial charge is 0.228 e. The molecule has 41 heavy (non-hydrogen) atoms. The number of para-hydroxylation sites is 1. The summed E-state index contributed by atoms with van der Waals surface area (Å²) in [5.41, 5.74) is 5.78. The summed E-state index contributed by atoms with van der Waals surface area (Å²) < 4.78 is 8.18. The van der Waals surface area contributed by atoms with Crippen molar-refractivity contribution < 1.29 is 9.53 Å². The second-order valence-corrected chi connectivity index (χ2v) is 11.6. The molecule has 1 aliphatic carbocycles. The average Bonchev–Trinajstić information content (AvgIpc) is 3.62. The van der Waals surface area contributed by atoms with Gasteiger partial charge in [-0.1, -0.05) is 67.1 Å². The third-order valence-corrected chi connectivity index (χ3v) is 8.19. The molecular formula is C36H43N3O2.